The lowest BCUT2D eigenvalue weighted by molar-refractivity contribution is -0.384. The lowest BCUT2D eigenvalue weighted by atomic mass is 9.85. The van der Waals surface area contributed by atoms with Gasteiger partial charge in [-0.25, -0.2) is 0 Å². The average Bonchev–Trinajstić information content (AvgIpc) is 2.76. The summed E-state index contributed by atoms with van der Waals surface area (Å²) < 4.78 is 5.21. The molecule has 2 rings (SSSR count). The van der Waals surface area contributed by atoms with Crippen molar-refractivity contribution in [3.05, 3.63) is 32.3 Å². The Hall–Kier alpha value is -1.57. The molecule has 1 aromatic carbocycles. The highest BCUT2D eigenvalue weighted by Gasteiger charge is 2.47. The Kier molecular flexibility index (Phi) is 4.27. The number of aliphatic carboxylic acids is 1. The monoisotopic (exact) mass is 334 g/mol. The fraction of sp³-hybridized carbons (Fsp3) is 0.417. The number of benzene rings is 1. The van der Waals surface area contributed by atoms with E-state index in [1.165, 1.54) is 0 Å². The summed E-state index contributed by atoms with van der Waals surface area (Å²) in [5, 5.41) is 23.0. The van der Waals surface area contributed by atoms with Gasteiger partial charge in [-0.2, -0.15) is 0 Å². The Morgan fingerprint density at radius 1 is 1.52 bits per heavy atom. The van der Waals surface area contributed by atoms with E-state index in [0.29, 0.717) is 0 Å². The van der Waals surface area contributed by atoms with Crippen LogP contribution in [0.15, 0.2) is 12.1 Å². The zero-order valence-corrected chi connectivity index (χ0v) is 12.4. The second kappa shape index (κ2) is 5.67. The van der Waals surface area contributed by atoms with Crippen molar-refractivity contribution in [2.75, 3.05) is 18.5 Å². The molecule has 2 unspecified atom stereocenters. The van der Waals surface area contributed by atoms with Gasteiger partial charge in [-0.05, 0) is 6.92 Å². The third-order valence-corrected chi connectivity index (χ3v) is 4.10. The first-order valence-corrected chi connectivity index (χ1v) is 6.72. The van der Waals surface area contributed by atoms with E-state index in [1.54, 1.807) is 6.92 Å². The topological polar surface area (TPSA) is 102 Å². The number of hydrogen-bond donors (Lipinski definition) is 2. The molecule has 0 spiro atoms. The summed E-state index contributed by atoms with van der Waals surface area (Å²) in [6, 6.07) is 1.76. The molecule has 1 fully saturated rings. The summed E-state index contributed by atoms with van der Waals surface area (Å²) in [7, 11) is 0. The van der Waals surface area contributed by atoms with E-state index in [2.05, 4.69) is 5.32 Å². The van der Waals surface area contributed by atoms with E-state index >= 15 is 0 Å². The van der Waals surface area contributed by atoms with Gasteiger partial charge in [0.25, 0.3) is 5.69 Å². The van der Waals surface area contributed by atoms with Crippen LogP contribution in [0.1, 0.15) is 6.92 Å². The smallest absolute Gasteiger partial charge is 0.313 e. The first-order valence-electron chi connectivity index (χ1n) is 5.97. The summed E-state index contributed by atoms with van der Waals surface area (Å²) in [6.45, 7) is 1.78. The van der Waals surface area contributed by atoms with Gasteiger partial charge in [-0.3, -0.25) is 14.9 Å². The minimum atomic E-state index is -1.13. The van der Waals surface area contributed by atoms with Crippen LogP contribution in [0.5, 0.6) is 0 Å². The van der Waals surface area contributed by atoms with Crippen molar-refractivity contribution in [1.29, 1.82) is 0 Å². The van der Waals surface area contributed by atoms with Crippen LogP contribution in [0.25, 0.3) is 0 Å². The number of hydrogen-bond acceptors (Lipinski definition) is 5. The Morgan fingerprint density at radius 3 is 2.57 bits per heavy atom. The van der Waals surface area contributed by atoms with E-state index in [9.17, 15) is 20.0 Å². The average molecular weight is 335 g/mol. The second-order valence-corrected chi connectivity index (χ2v) is 5.79. The number of halogens is 2. The van der Waals surface area contributed by atoms with Crippen LogP contribution in [-0.2, 0) is 9.53 Å². The van der Waals surface area contributed by atoms with Gasteiger partial charge in [0.2, 0.25) is 0 Å². The molecule has 0 saturated carbocycles. The predicted octanol–water partition coefficient (Wildman–Crippen LogP) is 2.80. The van der Waals surface area contributed by atoms with Gasteiger partial charge in [0.05, 0.1) is 39.9 Å². The summed E-state index contributed by atoms with van der Waals surface area (Å²) in [5.74, 6) is -1.01. The standard InChI is InChI=1S/C12H12Cl2N2O5/c1-12(11(17)18)5-21-4-9(12)15-10-7(13)2-6(16(19)20)3-8(10)14/h2-3,9,15H,4-5H2,1H3,(H,17,18). The molecular weight excluding hydrogens is 323 g/mol. The van der Waals surface area contributed by atoms with Crippen LogP contribution in [0.3, 0.4) is 0 Å². The fourth-order valence-electron chi connectivity index (χ4n) is 2.06. The van der Waals surface area contributed by atoms with Crippen LogP contribution in [0, 0.1) is 15.5 Å². The van der Waals surface area contributed by atoms with E-state index in [4.69, 9.17) is 27.9 Å². The lowest BCUT2D eigenvalue weighted by Gasteiger charge is -2.27. The van der Waals surface area contributed by atoms with Gasteiger partial charge in [0, 0.05) is 12.1 Å². The van der Waals surface area contributed by atoms with Crippen molar-refractivity contribution in [2.24, 2.45) is 5.41 Å². The number of nitro groups is 1. The first-order chi connectivity index (χ1) is 9.75. The van der Waals surface area contributed by atoms with Gasteiger partial charge < -0.3 is 15.2 Å². The molecule has 0 bridgehead atoms. The number of ether oxygens (including phenoxy) is 1. The van der Waals surface area contributed by atoms with Gasteiger partial charge in [-0.1, -0.05) is 23.2 Å². The highest BCUT2D eigenvalue weighted by atomic mass is 35.5. The summed E-state index contributed by atoms with van der Waals surface area (Å²) >= 11 is 12.0. The van der Waals surface area contributed by atoms with Crippen LogP contribution in [-0.4, -0.2) is 35.3 Å². The minimum Gasteiger partial charge on any atom is -0.481 e. The molecule has 21 heavy (non-hydrogen) atoms. The van der Waals surface area contributed by atoms with Crippen molar-refractivity contribution >= 4 is 40.5 Å². The zero-order chi connectivity index (χ0) is 15.8. The van der Waals surface area contributed by atoms with Crippen molar-refractivity contribution in [1.82, 2.24) is 0 Å². The van der Waals surface area contributed by atoms with Crippen molar-refractivity contribution < 1.29 is 19.6 Å². The molecule has 0 radical (unpaired) electrons. The summed E-state index contributed by atoms with van der Waals surface area (Å²) in [5.41, 5.74) is -1.11. The number of carbonyl (C=O) groups is 1. The van der Waals surface area contributed by atoms with E-state index in [0.717, 1.165) is 12.1 Å². The van der Waals surface area contributed by atoms with Gasteiger partial charge in [-0.15, -0.1) is 0 Å². The number of carboxylic acids is 1. The minimum absolute atomic E-state index is 0.0499. The largest absolute Gasteiger partial charge is 0.481 e. The Balaban J connectivity index is 2.32. The Bertz CT molecular complexity index is 586. The predicted molar refractivity (Wildman–Crippen MR) is 77.1 cm³/mol. The number of rotatable bonds is 4. The van der Waals surface area contributed by atoms with Gasteiger partial charge in [0.1, 0.15) is 5.41 Å². The van der Waals surface area contributed by atoms with Crippen LogP contribution >= 0.6 is 23.2 Å². The van der Waals surface area contributed by atoms with Crippen molar-refractivity contribution in [2.45, 2.75) is 13.0 Å². The first kappa shape index (κ1) is 15.8. The van der Waals surface area contributed by atoms with Crippen LogP contribution < -0.4 is 5.32 Å². The molecule has 1 aliphatic heterocycles. The van der Waals surface area contributed by atoms with E-state index in [1.807, 2.05) is 0 Å². The molecule has 2 N–H and O–H groups in total. The van der Waals surface area contributed by atoms with Gasteiger partial charge in [0.15, 0.2) is 0 Å². The van der Waals surface area contributed by atoms with Crippen LogP contribution in [0.2, 0.25) is 10.0 Å². The Morgan fingerprint density at radius 2 is 2.10 bits per heavy atom. The van der Waals surface area contributed by atoms with E-state index < -0.39 is 22.3 Å². The molecule has 0 aromatic heterocycles. The third kappa shape index (κ3) is 2.90. The number of non-ortho nitro benzene ring substituents is 1. The molecule has 1 aromatic rings. The number of nitro benzene ring substituents is 1. The molecule has 1 heterocycles. The molecule has 0 amide bonds. The molecule has 2 atom stereocenters. The molecular formula is C12H12Cl2N2O5. The maximum absolute atomic E-state index is 11.4. The molecule has 0 aliphatic carbocycles. The van der Waals surface area contributed by atoms with Gasteiger partial charge >= 0.3 is 5.97 Å². The van der Waals surface area contributed by atoms with Crippen molar-refractivity contribution in [3.63, 3.8) is 0 Å². The molecule has 1 saturated heterocycles. The second-order valence-electron chi connectivity index (χ2n) is 4.98. The fourth-order valence-corrected chi connectivity index (χ4v) is 2.65. The summed E-state index contributed by atoms with van der Waals surface area (Å²) in [6.07, 6.45) is 0. The molecule has 1 aliphatic rings. The number of carboxylic acid groups (broad SMARTS) is 1. The third-order valence-electron chi connectivity index (χ3n) is 3.50. The number of anilines is 1. The molecule has 7 nitrogen and oxygen atoms in total. The van der Waals surface area contributed by atoms with Crippen molar-refractivity contribution in [3.8, 4) is 0 Å². The Labute approximate surface area is 129 Å². The number of nitrogens with zero attached hydrogens (tertiary/aromatic N) is 1. The summed E-state index contributed by atoms with van der Waals surface area (Å²) in [4.78, 5) is 21.5. The molecule has 9 heteroatoms. The number of nitrogens with one attached hydrogen (secondary N) is 1. The highest BCUT2D eigenvalue weighted by molar-refractivity contribution is 6.39. The highest BCUT2D eigenvalue weighted by Crippen LogP contribution is 2.38. The quantitative estimate of drug-likeness (QED) is 0.648. The lowest BCUT2D eigenvalue weighted by Crippen LogP contribution is -2.43. The maximum Gasteiger partial charge on any atom is 0.313 e. The molecule has 114 valence electrons. The van der Waals surface area contributed by atoms with E-state index in [-0.39, 0.29) is 34.6 Å². The SMILES string of the molecule is CC1(C(=O)O)COCC1Nc1c(Cl)cc([N+](=O)[O-])cc1Cl. The van der Waals surface area contributed by atoms with Crippen LogP contribution in [0.4, 0.5) is 11.4 Å². The maximum atomic E-state index is 11.4. The zero-order valence-electron chi connectivity index (χ0n) is 10.9. The normalized spacial score (nSPS) is 24.8.